The maximum Gasteiger partial charge on any atom is 0.244 e. The molecule has 0 saturated carbocycles. The molecule has 2 aliphatic rings. The van der Waals surface area contributed by atoms with Crippen molar-refractivity contribution in [3.8, 4) is 0 Å². The highest BCUT2D eigenvalue weighted by Gasteiger charge is 2.52. The molecule has 1 amide bonds. The van der Waals surface area contributed by atoms with Crippen molar-refractivity contribution in [3.05, 3.63) is 35.9 Å². The number of carbonyl (C=O) groups is 1. The molecule has 1 N–H and O–H groups in total. The van der Waals surface area contributed by atoms with Gasteiger partial charge in [-0.3, -0.25) is 4.79 Å². The highest BCUT2D eigenvalue weighted by molar-refractivity contribution is 7.92. The molecular formula is C18H26N2O3S. The van der Waals surface area contributed by atoms with E-state index in [1.807, 2.05) is 18.2 Å². The molecule has 6 heteroatoms. The number of nitrogens with zero attached hydrogens (tertiary/aromatic N) is 1. The maximum absolute atomic E-state index is 13.2. The van der Waals surface area contributed by atoms with E-state index in [0.717, 1.165) is 6.42 Å². The van der Waals surface area contributed by atoms with E-state index in [1.165, 1.54) is 11.8 Å². The maximum atomic E-state index is 13.2. The van der Waals surface area contributed by atoms with Crippen molar-refractivity contribution in [1.82, 2.24) is 10.2 Å². The quantitative estimate of drug-likeness (QED) is 0.893. The lowest BCUT2D eigenvalue weighted by molar-refractivity contribution is -0.133. The van der Waals surface area contributed by atoms with E-state index in [1.54, 1.807) is 4.90 Å². The van der Waals surface area contributed by atoms with Crippen molar-refractivity contribution in [2.24, 2.45) is 0 Å². The number of benzene rings is 1. The van der Waals surface area contributed by atoms with Crippen LogP contribution in [0, 0.1) is 0 Å². The van der Waals surface area contributed by atoms with Gasteiger partial charge in [-0.05, 0) is 37.9 Å². The summed E-state index contributed by atoms with van der Waals surface area (Å²) in [7, 11) is -3.46. The summed E-state index contributed by atoms with van der Waals surface area (Å²) in [6.07, 6.45) is 2.80. The van der Waals surface area contributed by atoms with Crippen molar-refractivity contribution in [2.45, 2.75) is 36.3 Å². The van der Waals surface area contributed by atoms with Gasteiger partial charge in [-0.25, -0.2) is 8.42 Å². The molecule has 1 unspecified atom stereocenters. The highest BCUT2D eigenvalue weighted by Crippen LogP contribution is 2.37. The first-order chi connectivity index (χ1) is 11.3. The number of likely N-dealkylation sites (tertiary alicyclic amines) is 1. The molecule has 0 aliphatic carbocycles. The molecule has 0 radical (unpaired) electrons. The van der Waals surface area contributed by atoms with Crippen LogP contribution in [0.3, 0.4) is 0 Å². The van der Waals surface area contributed by atoms with E-state index in [0.29, 0.717) is 39.0 Å². The molecule has 2 fully saturated rings. The van der Waals surface area contributed by atoms with Crippen LogP contribution in [0.1, 0.15) is 31.7 Å². The number of sulfone groups is 1. The van der Waals surface area contributed by atoms with Crippen LogP contribution in [-0.4, -0.2) is 56.4 Å². The van der Waals surface area contributed by atoms with Gasteiger partial charge in [0, 0.05) is 24.8 Å². The zero-order valence-corrected chi connectivity index (χ0v) is 15.2. The van der Waals surface area contributed by atoms with E-state index < -0.39 is 14.6 Å². The first kappa shape index (κ1) is 17.4. The fourth-order valence-corrected chi connectivity index (χ4v) is 5.46. The van der Waals surface area contributed by atoms with Crippen LogP contribution in [0.15, 0.2) is 30.3 Å². The molecule has 2 aliphatic heterocycles. The minimum Gasteiger partial charge on any atom is -0.340 e. The van der Waals surface area contributed by atoms with Crippen LogP contribution in [0.5, 0.6) is 0 Å². The monoisotopic (exact) mass is 350 g/mol. The molecule has 2 saturated heterocycles. The Morgan fingerprint density at radius 1 is 1.12 bits per heavy atom. The summed E-state index contributed by atoms with van der Waals surface area (Å²) in [4.78, 5) is 15.0. The van der Waals surface area contributed by atoms with Crippen molar-refractivity contribution < 1.29 is 13.2 Å². The van der Waals surface area contributed by atoms with Crippen LogP contribution in [-0.2, 0) is 20.0 Å². The predicted octanol–water partition coefficient (Wildman–Crippen LogP) is 1.34. The van der Waals surface area contributed by atoms with Crippen LogP contribution in [0.2, 0.25) is 0 Å². The molecule has 1 atom stereocenters. The van der Waals surface area contributed by atoms with Gasteiger partial charge >= 0.3 is 0 Å². The van der Waals surface area contributed by atoms with Crippen LogP contribution < -0.4 is 5.32 Å². The largest absolute Gasteiger partial charge is 0.340 e. The van der Waals surface area contributed by atoms with Crippen molar-refractivity contribution in [3.63, 3.8) is 0 Å². The van der Waals surface area contributed by atoms with Gasteiger partial charge in [0.15, 0.2) is 14.6 Å². The van der Waals surface area contributed by atoms with Crippen molar-refractivity contribution in [1.29, 1.82) is 0 Å². The second-order valence-electron chi connectivity index (χ2n) is 7.42. The zero-order valence-electron chi connectivity index (χ0n) is 14.4. The Kier molecular flexibility index (Phi) is 4.47. The van der Waals surface area contributed by atoms with Gasteiger partial charge < -0.3 is 10.2 Å². The molecule has 2 heterocycles. The third-order valence-electron chi connectivity index (χ3n) is 5.74. The van der Waals surface area contributed by atoms with Gasteiger partial charge in [-0.2, -0.15) is 0 Å². The zero-order chi connectivity index (χ0) is 17.4. The second kappa shape index (κ2) is 6.15. The number of rotatable bonds is 3. The number of amides is 1. The van der Waals surface area contributed by atoms with Gasteiger partial charge in [0.25, 0.3) is 0 Å². The normalized spacial score (nSPS) is 27.2. The molecule has 1 aromatic carbocycles. The lowest BCUT2D eigenvalue weighted by Crippen LogP contribution is -2.58. The average molecular weight is 350 g/mol. The van der Waals surface area contributed by atoms with Gasteiger partial charge in [-0.1, -0.05) is 37.3 Å². The Bertz CT molecular complexity index is 711. The standard InChI is InChI=1S/C18H26N2O3S/c1-17(15-6-4-3-5-7-15)10-13-20(14-17)16(21)18(24(2,22)23)8-11-19-12-9-18/h3-7,19H,8-14H2,1-2H3. The van der Waals surface area contributed by atoms with E-state index in [4.69, 9.17) is 0 Å². The second-order valence-corrected chi connectivity index (χ2v) is 9.75. The Balaban J connectivity index is 1.86. The molecule has 3 rings (SSSR count). The van der Waals surface area contributed by atoms with Gasteiger partial charge in [0.2, 0.25) is 5.91 Å². The molecule has 0 spiro atoms. The summed E-state index contributed by atoms with van der Waals surface area (Å²) in [5, 5.41) is 3.16. The molecule has 5 nitrogen and oxygen atoms in total. The average Bonchev–Trinajstić information content (AvgIpc) is 2.98. The third-order valence-corrected chi connectivity index (χ3v) is 7.74. The van der Waals surface area contributed by atoms with Crippen LogP contribution in [0.25, 0.3) is 0 Å². The summed E-state index contributed by atoms with van der Waals surface area (Å²) in [5.74, 6) is -0.203. The smallest absolute Gasteiger partial charge is 0.244 e. The Hall–Kier alpha value is -1.40. The SMILES string of the molecule is CC1(c2ccccc2)CCN(C(=O)C2(S(C)(=O)=O)CCNCC2)C1. The summed E-state index contributed by atoms with van der Waals surface area (Å²) in [5.41, 5.74) is 1.10. The van der Waals surface area contributed by atoms with E-state index in [9.17, 15) is 13.2 Å². The molecule has 24 heavy (non-hydrogen) atoms. The van der Waals surface area contributed by atoms with Crippen LogP contribution in [0.4, 0.5) is 0 Å². The first-order valence-corrected chi connectivity index (χ1v) is 10.4. The molecule has 0 aromatic heterocycles. The number of nitrogens with one attached hydrogen (secondary N) is 1. The number of hydrogen-bond acceptors (Lipinski definition) is 4. The fourth-order valence-electron chi connectivity index (χ4n) is 4.07. The van der Waals surface area contributed by atoms with Gasteiger partial charge in [-0.15, -0.1) is 0 Å². The molecule has 132 valence electrons. The van der Waals surface area contributed by atoms with Crippen molar-refractivity contribution in [2.75, 3.05) is 32.4 Å². The minimum atomic E-state index is -3.46. The first-order valence-electron chi connectivity index (χ1n) is 8.54. The Morgan fingerprint density at radius 2 is 1.75 bits per heavy atom. The summed E-state index contributed by atoms with van der Waals surface area (Å²) < 4.78 is 23.7. The third kappa shape index (κ3) is 2.86. The van der Waals surface area contributed by atoms with Gasteiger partial charge in [0.05, 0.1) is 0 Å². The highest BCUT2D eigenvalue weighted by atomic mass is 32.2. The van der Waals surface area contributed by atoms with Crippen molar-refractivity contribution >= 4 is 15.7 Å². The molecule has 1 aromatic rings. The minimum absolute atomic E-state index is 0.109. The number of piperidine rings is 1. The number of carbonyl (C=O) groups excluding carboxylic acids is 1. The lowest BCUT2D eigenvalue weighted by Gasteiger charge is -2.37. The van der Waals surface area contributed by atoms with E-state index >= 15 is 0 Å². The molecule has 0 bridgehead atoms. The van der Waals surface area contributed by atoms with Crippen LogP contribution >= 0.6 is 0 Å². The topological polar surface area (TPSA) is 66.5 Å². The molecular weight excluding hydrogens is 324 g/mol. The van der Waals surface area contributed by atoms with Gasteiger partial charge in [0.1, 0.15) is 0 Å². The summed E-state index contributed by atoms with van der Waals surface area (Å²) in [6.45, 7) is 4.51. The van der Waals surface area contributed by atoms with E-state index in [-0.39, 0.29) is 11.3 Å². The Labute approximate surface area is 144 Å². The lowest BCUT2D eigenvalue weighted by atomic mass is 9.82. The Morgan fingerprint density at radius 3 is 2.33 bits per heavy atom. The number of hydrogen-bond donors (Lipinski definition) is 1. The van der Waals surface area contributed by atoms with E-state index in [2.05, 4.69) is 24.4 Å². The summed E-state index contributed by atoms with van der Waals surface area (Å²) >= 11 is 0. The summed E-state index contributed by atoms with van der Waals surface area (Å²) in [6, 6.07) is 10.2. The predicted molar refractivity (Wildman–Crippen MR) is 94.7 cm³/mol. The fraction of sp³-hybridized carbons (Fsp3) is 0.611.